The summed E-state index contributed by atoms with van der Waals surface area (Å²) in [7, 11) is 0. The van der Waals surface area contributed by atoms with Gasteiger partial charge in [-0.15, -0.1) is 59.3 Å². The van der Waals surface area contributed by atoms with Crippen molar-refractivity contribution in [2.24, 2.45) is 0 Å². The molecule has 64 heavy (non-hydrogen) atoms. The van der Waals surface area contributed by atoms with E-state index in [-0.39, 0.29) is 31.6 Å². The predicted molar refractivity (Wildman–Crippen MR) is 260 cm³/mol. The van der Waals surface area contributed by atoms with Crippen LogP contribution in [-0.4, -0.2) is 30.8 Å². The van der Waals surface area contributed by atoms with Gasteiger partial charge in [-0.2, -0.15) is 0 Å². The van der Waals surface area contributed by atoms with Crippen LogP contribution in [0.4, 0.5) is 0 Å². The van der Waals surface area contributed by atoms with Crippen molar-refractivity contribution in [1.29, 1.82) is 0 Å². The van der Waals surface area contributed by atoms with Crippen LogP contribution < -0.4 is 0 Å². The van der Waals surface area contributed by atoms with E-state index in [4.69, 9.17) is 25.0 Å². The molecule has 1 radical (unpaired) electrons. The van der Waals surface area contributed by atoms with Crippen molar-refractivity contribution in [2.75, 3.05) is 0 Å². The second-order valence-electron chi connectivity index (χ2n) is 15.4. The average Bonchev–Trinajstić information content (AvgIpc) is 3.33. The number of allylic oxidation sites excluding steroid dienone is 2. The SMILES string of the molecule is CC(=O)/C=C(/C)O.[Ir].[c-]1cccc2c1c1ncc(-c3cccc4ccccc34)nc1c1ccccc21.[c-]1cccc2c1c1ncc(-c3cccc4ccccc34)nc1c1ccccc21. The molecule has 2 heterocycles. The largest absolute Gasteiger partial charge is 0.512 e. The van der Waals surface area contributed by atoms with Crippen LogP contribution >= 0.6 is 0 Å². The summed E-state index contributed by atoms with van der Waals surface area (Å²) in [5.74, 6) is -0.0625. The maximum Gasteiger partial charge on any atom is 0.155 e. The summed E-state index contributed by atoms with van der Waals surface area (Å²) in [6, 6.07) is 65.2. The van der Waals surface area contributed by atoms with Crippen LogP contribution in [0.15, 0.2) is 194 Å². The predicted octanol–water partition coefficient (Wildman–Crippen LogP) is 14.1. The standard InChI is InChI=1S/2C26H15N2.C5H8O2.Ir/c2*1-2-10-18-17(8-1)9-7-15-21(18)24-16-27-25-22-13-5-3-11-19(22)20-12-4-6-14-23(20)26(25)28-24;1-4(6)3-5(2)7;/h2*1-12,14-16H;3,6H,1-2H3;/q2*-1;;/b;;4-3-;. The second-order valence-corrected chi connectivity index (χ2v) is 15.4. The van der Waals surface area contributed by atoms with Crippen molar-refractivity contribution >= 4 is 92.5 Å². The Morgan fingerprint density at radius 3 is 1.23 bits per heavy atom. The molecule has 0 aliphatic rings. The van der Waals surface area contributed by atoms with Gasteiger partial charge in [0.05, 0.1) is 28.2 Å². The van der Waals surface area contributed by atoms with E-state index < -0.39 is 0 Å². The fourth-order valence-electron chi connectivity index (χ4n) is 8.53. The van der Waals surface area contributed by atoms with Gasteiger partial charge in [0.1, 0.15) is 0 Å². The van der Waals surface area contributed by atoms with Gasteiger partial charge in [-0.3, -0.25) is 14.8 Å². The van der Waals surface area contributed by atoms with Gasteiger partial charge >= 0.3 is 0 Å². The molecule has 1 N–H and O–H groups in total. The quantitative estimate of drug-likeness (QED) is 0.0821. The Hall–Kier alpha value is -7.70. The van der Waals surface area contributed by atoms with Gasteiger partial charge < -0.3 is 15.1 Å². The van der Waals surface area contributed by atoms with Gasteiger partial charge in [-0.05, 0) is 46.2 Å². The first kappa shape index (κ1) is 41.6. The Morgan fingerprint density at radius 2 is 0.828 bits per heavy atom. The molecular formula is C57H38IrN4O2-2. The molecule has 2 aromatic heterocycles. The molecule has 0 amide bonds. The number of rotatable bonds is 3. The summed E-state index contributed by atoms with van der Waals surface area (Å²) in [6.45, 7) is 2.85. The number of aromatic nitrogens is 4. The molecule has 0 atom stereocenters. The van der Waals surface area contributed by atoms with Crippen LogP contribution in [0.3, 0.4) is 0 Å². The Bertz CT molecular complexity index is 3450. The Balaban J connectivity index is 0.000000140. The maximum absolute atomic E-state index is 10.0. The van der Waals surface area contributed by atoms with E-state index in [0.29, 0.717) is 0 Å². The third-order valence-corrected chi connectivity index (χ3v) is 11.2. The molecule has 0 spiro atoms. The number of aliphatic hydroxyl groups excluding tert-OH is 1. The normalized spacial score (nSPS) is 11.4. The summed E-state index contributed by atoms with van der Waals surface area (Å²) in [5, 5.41) is 22.2. The smallest absolute Gasteiger partial charge is 0.155 e. The third-order valence-electron chi connectivity index (χ3n) is 11.2. The number of carbonyl (C=O) groups excluding carboxylic acids is 1. The second kappa shape index (κ2) is 18.0. The summed E-state index contributed by atoms with van der Waals surface area (Å²) in [6.07, 6.45) is 4.94. The minimum absolute atomic E-state index is 0. The summed E-state index contributed by atoms with van der Waals surface area (Å²) < 4.78 is 0. The monoisotopic (exact) mass is 1000 g/mol. The van der Waals surface area contributed by atoms with Crippen molar-refractivity contribution in [1.82, 2.24) is 19.9 Å². The molecule has 309 valence electrons. The number of nitrogens with zero attached hydrogens (tertiary/aromatic N) is 4. The zero-order valence-electron chi connectivity index (χ0n) is 34.9. The minimum Gasteiger partial charge on any atom is -0.512 e. The number of aliphatic hydroxyl groups is 1. The molecule has 0 saturated carbocycles. The number of benzene rings is 10. The van der Waals surface area contributed by atoms with E-state index in [2.05, 4.69) is 158 Å². The number of ketones is 1. The molecule has 10 aromatic carbocycles. The molecule has 0 aliphatic heterocycles. The molecule has 0 fully saturated rings. The summed E-state index contributed by atoms with van der Waals surface area (Å²) in [4.78, 5) is 29.9. The summed E-state index contributed by atoms with van der Waals surface area (Å²) >= 11 is 0. The van der Waals surface area contributed by atoms with Gasteiger partial charge in [0.25, 0.3) is 0 Å². The van der Waals surface area contributed by atoms with Crippen LogP contribution in [0.5, 0.6) is 0 Å². The molecular weight excluding hydrogens is 965 g/mol. The molecule has 0 bridgehead atoms. The third kappa shape index (κ3) is 7.84. The molecule has 0 unspecified atom stereocenters. The Morgan fingerprint density at radius 1 is 0.453 bits per heavy atom. The molecule has 12 aromatic rings. The van der Waals surface area contributed by atoms with Crippen LogP contribution in [-0.2, 0) is 24.9 Å². The van der Waals surface area contributed by atoms with Crippen LogP contribution in [0.25, 0.3) is 109 Å². The first-order valence-corrected chi connectivity index (χ1v) is 20.7. The summed E-state index contributed by atoms with van der Waals surface area (Å²) in [5.41, 5.74) is 7.65. The molecule has 12 rings (SSSR count). The fourth-order valence-corrected chi connectivity index (χ4v) is 8.53. The van der Waals surface area contributed by atoms with Crippen LogP contribution in [0.1, 0.15) is 13.8 Å². The van der Waals surface area contributed by atoms with Gasteiger partial charge in [0, 0.05) is 60.7 Å². The van der Waals surface area contributed by atoms with Crippen molar-refractivity contribution in [3.05, 3.63) is 206 Å². The van der Waals surface area contributed by atoms with E-state index in [0.717, 1.165) is 76.9 Å². The molecule has 0 saturated heterocycles. The Kier molecular flexibility index (Phi) is 11.7. The first-order valence-electron chi connectivity index (χ1n) is 20.7. The van der Waals surface area contributed by atoms with Gasteiger partial charge in [0.2, 0.25) is 0 Å². The van der Waals surface area contributed by atoms with E-state index in [1.54, 1.807) is 0 Å². The topological polar surface area (TPSA) is 88.9 Å². The number of carbonyl (C=O) groups is 1. The molecule has 6 nitrogen and oxygen atoms in total. The van der Waals surface area contributed by atoms with Gasteiger partial charge in [-0.25, -0.2) is 0 Å². The molecule has 0 aliphatic carbocycles. The zero-order valence-corrected chi connectivity index (χ0v) is 37.3. The van der Waals surface area contributed by atoms with E-state index in [1.807, 2.05) is 36.7 Å². The molecule has 7 heteroatoms. The van der Waals surface area contributed by atoms with Crippen molar-refractivity contribution in [2.45, 2.75) is 13.8 Å². The Labute approximate surface area is 383 Å². The average molecular weight is 1000 g/mol. The van der Waals surface area contributed by atoms with Crippen LogP contribution in [0.2, 0.25) is 0 Å². The van der Waals surface area contributed by atoms with Crippen molar-refractivity contribution in [3.8, 4) is 22.5 Å². The van der Waals surface area contributed by atoms with Crippen LogP contribution in [0, 0.1) is 12.1 Å². The fraction of sp³-hybridized carbons (Fsp3) is 0.0351. The number of hydrogen-bond donors (Lipinski definition) is 1. The van der Waals surface area contributed by atoms with E-state index in [1.165, 1.54) is 52.2 Å². The van der Waals surface area contributed by atoms with E-state index in [9.17, 15) is 4.79 Å². The van der Waals surface area contributed by atoms with E-state index >= 15 is 0 Å². The van der Waals surface area contributed by atoms with Crippen molar-refractivity contribution < 1.29 is 30.0 Å². The van der Waals surface area contributed by atoms with Gasteiger partial charge in [0.15, 0.2) is 5.78 Å². The minimum atomic E-state index is -0.125. The maximum atomic E-state index is 10.0. The number of hydrogen-bond acceptors (Lipinski definition) is 6. The number of fused-ring (bicyclic) bond motifs is 14. The zero-order chi connectivity index (χ0) is 42.9. The first-order chi connectivity index (χ1) is 30.9. The van der Waals surface area contributed by atoms with Gasteiger partial charge in [-0.1, -0.05) is 155 Å². The van der Waals surface area contributed by atoms with Crippen molar-refractivity contribution in [3.63, 3.8) is 0 Å².